The van der Waals surface area contributed by atoms with Crippen molar-refractivity contribution in [3.8, 4) is 5.75 Å². The van der Waals surface area contributed by atoms with Crippen molar-refractivity contribution in [2.24, 2.45) is 4.99 Å². The molecule has 1 amide bonds. The second-order valence-electron chi connectivity index (χ2n) is 11.5. The van der Waals surface area contributed by atoms with Crippen molar-refractivity contribution in [3.05, 3.63) is 95.7 Å². The van der Waals surface area contributed by atoms with Crippen LogP contribution in [0.2, 0.25) is 0 Å². The number of hydrogen-bond acceptors (Lipinski definition) is 4. The number of hydrogen-bond donors (Lipinski definition) is 0. The highest BCUT2D eigenvalue weighted by Gasteiger charge is 2.28. The number of carbonyl (C=O) groups is 1. The summed E-state index contributed by atoms with van der Waals surface area (Å²) in [5, 5.41) is 0. The van der Waals surface area contributed by atoms with Gasteiger partial charge in [-0.3, -0.25) is 4.79 Å². The molecule has 44 heavy (non-hydrogen) atoms. The van der Waals surface area contributed by atoms with Crippen molar-refractivity contribution in [3.63, 3.8) is 0 Å². The first-order valence-electron chi connectivity index (χ1n) is 16.2. The Labute approximate surface area is 274 Å². The van der Waals surface area contributed by atoms with E-state index in [-0.39, 0.29) is 41.0 Å². The number of amidine groups is 1. The Morgan fingerprint density at radius 1 is 0.886 bits per heavy atom. The quantitative estimate of drug-likeness (QED) is 0.128. The van der Waals surface area contributed by atoms with Gasteiger partial charge in [-0.05, 0) is 54.0 Å². The van der Waals surface area contributed by atoms with E-state index in [0.29, 0.717) is 18.6 Å². The molecule has 0 aliphatic carbocycles. The minimum atomic E-state index is -0.390. The number of allylic oxidation sites excluding steroid dienone is 3. The average Bonchev–Trinajstić information content (AvgIpc) is 3.42. The number of ether oxygens (including phenoxy) is 1. The SMILES string of the molecule is CCCCCCCCCCCCCCOc1ccc(CN(C(C)=O)c2ccc(CC3=N[C+]=C4C=CC=CN43)cc2)cc1F.[Br-]. The van der Waals surface area contributed by atoms with Gasteiger partial charge in [-0.25, -0.2) is 9.29 Å². The van der Waals surface area contributed by atoms with Crippen molar-refractivity contribution < 1.29 is 30.9 Å². The topological polar surface area (TPSA) is 45.1 Å². The molecule has 0 bridgehead atoms. The zero-order chi connectivity index (χ0) is 30.3. The van der Waals surface area contributed by atoms with Crippen molar-refractivity contribution in [2.75, 3.05) is 11.5 Å². The molecular weight excluding hydrogens is 617 g/mol. The Kier molecular flexibility index (Phi) is 15.3. The number of anilines is 1. The number of fused-ring (bicyclic) bond motifs is 1. The van der Waals surface area contributed by atoms with Gasteiger partial charge in [-0.15, -0.1) is 0 Å². The van der Waals surface area contributed by atoms with Crippen LogP contribution in [-0.4, -0.2) is 23.2 Å². The maximum absolute atomic E-state index is 14.9. The van der Waals surface area contributed by atoms with E-state index in [2.05, 4.69) is 18.1 Å². The molecule has 236 valence electrons. The summed E-state index contributed by atoms with van der Waals surface area (Å²) in [5.74, 6) is 0.686. The predicted molar refractivity (Wildman–Crippen MR) is 174 cm³/mol. The Morgan fingerprint density at radius 3 is 2.16 bits per heavy atom. The Morgan fingerprint density at radius 2 is 1.52 bits per heavy atom. The normalized spacial score (nSPS) is 13.1. The average molecular weight is 665 g/mol. The lowest BCUT2D eigenvalue weighted by molar-refractivity contribution is -0.116. The molecule has 0 aromatic heterocycles. The smallest absolute Gasteiger partial charge is 0.247 e. The monoisotopic (exact) mass is 663 g/mol. The predicted octanol–water partition coefficient (Wildman–Crippen LogP) is 6.45. The van der Waals surface area contributed by atoms with E-state index in [1.807, 2.05) is 59.7 Å². The van der Waals surface area contributed by atoms with Crippen molar-refractivity contribution in [1.29, 1.82) is 0 Å². The molecular formula is C37H47BrFN3O2. The molecule has 2 aromatic rings. The number of nitrogens with zero attached hydrogens (tertiary/aromatic N) is 3. The number of carbonyl (C=O) groups excluding carboxylic acids is 1. The van der Waals surface area contributed by atoms with E-state index in [1.54, 1.807) is 11.0 Å². The van der Waals surface area contributed by atoms with Crippen LogP contribution in [-0.2, 0) is 17.8 Å². The van der Waals surface area contributed by atoms with Crippen molar-refractivity contribution >= 4 is 17.4 Å². The van der Waals surface area contributed by atoms with Gasteiger partial charge < -0.3 is 26.6 Å². The number of halogens is 2. The van der Waals surface area contributed by atoms with E-state index >= 15 is 0 Å². The molecule has 0 fully saturated rings. The first-order chi connectivity index (χ1) is 21.0. The lowest BCUT2D eigenvalue weighted by Gasteiger charge is -2.22. The van der Waals surface area contributed by atoms with Crippen molar-refractivity contribution in [1.82, 2.24) is 4.90 Å². The van der Waals surface area contributed by atoms with Crippen LogP contribution in [0, 0.1) is 12.0 Å². The molecule has 4 rings (SSSR count). The first kappa shape index (κ1) is 35.2. The van der Waals surface area contributed by atoms with Crippen LogP contribution in [0.3, 0.4) is 0 Å². The van der Waals surface area contributed by atoms with Gasteiger partial charge in [0.1, 0.15) is 0 Å². The summed E-state index contributed by atoms with van der Waals surface area (Å²) < 4.78 is 20.6. The van der Waals surface area contributed by atoms with Crippen LogP contribution in [0.1, 0.15) is 102 Å². The number of rotatable bonds is 19. The van der Waals surface area contributed by atoms with Gasteiger partial charge in [0, 0.05) is 18.8 Å². The molecule has 0 radical (unpaired) electrons. The fourth-order valence-corrected chi connectivity index (χ4v) is 5.49. The van der Waals surface area contributed by atoms with E-state index < -0.39 is 0 Å². The van der Waals surface area contributed by atoms with Crippen LogP contribution < -0.4 is 26.6 Å². The summed E-state index contributed by atoms with van der Waals surface area (Å²) in [6.45, 7) is 4.59. The summed E-state index contributed by atoms with van der Waals surface area (Å²) in [4.78, 5) is 20.6. The van der Waals surface area contributed by atoms with Crippen LogP contribution >= 0.6 is 0 Å². The van der Waals surface area contributed by atoms with Gasteiger partial charge in [0.05, 0.1) is 25.6 Å². The summed E-state index contributed by atoms with van der Waals surface area (Å²) in [6.07, 6.45) is 27.0. The Hall–Kier alpha value is -3.28. The minimum absolute atomic E-state index is 0. The number of benzene rings is 2. The molecule has 2 aliphatic heterocycles. The van der Waals surface area contributed by atoms with Crippen molar-refractivity contribution in [2.45, 2.75) is 104 Å². The van der Waals surface area contributed by atoms with Gasteiger partial charge in [-0.2, -0.15) is 0 Å². The summed E-state index contributed by atoms with van der Waals surface area (Å²) in [6, 6.07) is 12.9. The lowest BCUT2D eigenvalue weighted by atomic mass is 10.1. The van der Waals surface area contributed by atoms with Gasteiger partial charge >= 0.3 is 0 Å². The lowest BCUT2D eigenvalue weighted by Crippen LogP contribution is -3.00. The molecule has 5 nitrogen and oxygen atoms in total. The zero-order valence-corrected chi connectivity index (χ0v) is 28.0. The molecule has 2 aromatic carbocycles. The molecule has 0 N–H and O–H groups in total. The third-order valence-corrected chi connectivity index (χ3v) is 8.02. The highest BCUT2D eigenvalue weighted by Crippen LogP contribution is 2.25. The first-order valence-corrected chi connectivity index (χ1v) is 16.2. The van der Waals surface area contributed by atoms with E-state index in [0.717, 1.165) is 35.6 Å². The van der Waals surface area contributed by atoms with Crippen LogP contribution in [0.5, 0.6) is 5.75 Å². The largest absolute Gasteiger partial charge is 1.00 e. The Balaban J connectivity index is 0.00000529. The van der Waals surface area contributed by atoms with E-state index in [1.165, 1.54) is 77.2 Å². The van der Waals surface area contributed by atoms with E-state index in [9.17, 15) is 9.18 Å². The molecule has 0 saturated heterocycles. The number of amides is 1. The minimum Gasteiger partial charge on any atom is -1.00 e. The fourth-order valence-electron chi connectivity index (χ4n) is 5.49. The molecule has 0 saturated carbocycles. The molecule has 0 spiro atoms. The maximum atomic E-state index is 14.9. The second-order valence-corrected chi connectivity index (χ2v) is 11.5. The maximum Gasteiger partial charge on any atom is 0.247 e. The van der Waals surface area contributed by atoms with Gasteiger partial charge in [0.15, 0.2) is 17.8 Å². The molecule has 2 heterocycles. The summed E-state index contributed by atoms with van der Waals surface area (Å²) in [7, 11) is 0. The molecule has 7 heteroatoms. The van der Waals surface area contributed by atoms with E-state index in [4.69, 9.17) is 4.74 Å². The molecule has 0 unspecified atom stereocenters. The van der Waals surface area contributed by atoms with Gasteiger partial charge in [-0.1, -0.05) is 101 Å². The third-order valence-electron chi connectivity index (χ3n) is 8.02. The standard InChI is InChI=1S/C37H47FN3O2.BrH/c1-3-4-5-6-7-8-9-10-11-12-13-16-25-43-36-23-20-32(26-35(36)38)29-41(30(2)42)33-21-18-31(19-22-33)27-37-39-28-34-17-14-15-24-40(34)37;/h14-15,17-24,26H,3-13,16,25,27,29H2,1-2H3;1H/q+1;/p-1. The van der Waals surface area contributed by atoms with Gasteiger partial charge in [0.2, 0.25) is 17.4 Å². The number of unbranched alkanes of at least 4 members (excludes halogenated alkanes) is 11. The Bertz CT molecular complexity index is 1300. The fraction of sp³-hybridized carbons (Fsp3) is 0.459. The highest BCUT2D eigenvalue weighted by atomic mass is 79.9. The molecule has 2 aliphatic rings. The van der Waals surface area contributed by atoms with Gasteiger partial charge in [0.25, 0.3) is 0 Å². The van der Waals surface area contributed by atoms with Crippen LogP contribution in [0.25, 0.3) is 0 Å². The highest BCUT2D eigenvalue weighted by molar-refractivity contribution is 5.92. The van der Waals surface area contributed by atoms with Crippen LogP contribution in [0.4, 0.5) is 10.1 Å². The number of aliphatic imine (C=N–C) groups is 1. The summed E-state index contributed by atoms with van der Waals surface area (Å²) >= 11 is 0. The zero-order valence-electron chi connectivity index (χ0n) is 26.4. The third kappa shape index (κ3) is 11.0. The molecule has 0 atom stereocenters. The summed E-state index contributed by atoms with van der Waals surface area (Å²) in [5.41, 5.74) is 3.50. The second kappa shape index (κ2) is 19.2. The van der Waals surface area contributed by atoms with Crippen LogP contribution in [0.15, 0.2) is 77.6 Å².